The minimum Gasteiger partial charge on any atom is -0.491 e. The molecule has 5 nitrogen and oxygen atoms in total. The van der Waals surface area contributed by atoms with E-state index in [0.29, 0.717) is 12.5 Å². The van der Waals surface area contributed by atoms with Crippen LogP contribution >= 0.6 is 0 Å². The summed E-state index contributed by atoms with van der Waals surface area (Å²) < 4.78 is 5.52. The van der Waals surface area contributed by atoms with Crippen molar-refractivity contribution in [3.05, 3.63) is 59.4 Å². The number of aliphatic hydroxyl groups excluding tert-OH is 1. The van der Waals surface area contributed by atoms with E-state index in [0.717, 1.165) is 55.1 Å². The number of aliphatic hydroxyl groups is 1. The zero-order chi connectivity index (χ0) is 18.6. The van der Waals surface area contributed by atoms with Crippen molar-refractivity contribution < 1.29 is 9.84 Å². The Balaban J connectivity index is 1.36. The van der Waals surface area contributed by atoms with Gasteiger partial charge in [-0.2, -0.15) is 0 Å². The van der Waals surface area contributed by atoms with Crippen molar-refractivity contribution in [1.29, 1.82) is 0 Å². The van der Waals surface area contributed by atoms with Crippen LogP contribution in [0.5, 0.6) is 5.75 Å². The van der Waals surface area contributed by atoms with Gasteiger partial charge in [0.15, 0.2) is 0 Å². The van der Waals surface area contributed by atoms with E-state index in [9.17, 15) is 0 Å². The number of aryl methyl sites for hydroxylation is 1. The summed E-state index contributed by atoms with van der Waals surface area (Å²) in [5.41, 5.74) is 4.74. The number of benzene rings is 2. The molecular formula is C22H27N3O2. The lowest BCUT2D eigenvalue weighted by Gasteiger charge is -2.31. The van der Waals surface area contributed by atoms with Gasteiger partial charge in [-0.05, 0) is 62.2 Å². The molecule has 0 aliphatic carbocycles. The Hall–Kier alpha value is -2.37. The predicted octanol–water partition coefficient (Wildman–Crippen LogP) is 3.62. The van der Waals surface area contributed by atoms with E-state index in [1.54, 1.807) is 0 Å². The first-order valence-corrected chi connectivity index (χ1v) is 9.73. The molecule has 1 aliphatic rings. The third-order valence-corrected chi connectivity index (χ3v) is 5.37. The van der Waals surface area contributed by atoms with E-state index in [-0.39, 0.29) is 6.61 Å². The smallest absolute Gasteiger partial charge is 0.119 e. The molecule has 0 atom stereocenters. The van der Waals surface area contributed by atoms with E-state index in [1.807, 2.05) is 12.1 Å². The molecule has 3 aromatic rings. The largest absolute Gasteiger partial charge is 0.491 e. The third-order valence-electron chi connectivity index (χ3n) is 5.37. The van der Waals surface area contributed by atoms with Crippen LogP contribution in [0.3, 0.4) is 0 Å². The fourth-order valence-corrected chi connectivity index (χ4v) is 3.91. The van der Waals surface area contributed by atoms with Crippen LogP contribution in [0.2, 0.25) is 0 Å². The highest BCUT2D eigenvalue weighted by Crippen LogP contribution is 2.29. The molecule has 1 aliphatic heterocycles. The maximum Gasteiger partial charge on any atom is 0.119 e. The van der Waals surface area contributed by atoms with Gasteiger partial charge in [-0.1, -0.05) is 24.3 Å². The van der Waals surface area contributed by atoms with Crippen molar-refractivity contribution in [3.63, 3.8) is 0 Å². The summed E-state index contributed by atoms with van der Waals surface area (Å²) in [6.45, 7) is 5.58. The molecular weight excluding hydrogens is 338 g/mol. The predicted molar refractivity (Wildman–Crippen MR) is 107 cm³/mol. The fourth-order valence-electron chi connectivity index (χ4n) is 3.91. The number of likely N-dealkylation sites (tertiary alicyclic amines) is 1. The Morgan fingerprint density at radius 2 is 2.00 bits per heavy atom. The second kappa shape index (κ2) is 8.11. The summed E-state index contributed by atoms with van der Waals surface area (Å²) >= 11 is 0. The number of nitrogens with zero attached hydrogens (tertiary/aromatic N) is 2. The van der Waals surface area contributed by atoms with E-state index in [2.05, 4.69) is 47.1 Å². The number of aromatic nitrogens is 2. The van der Waals surface area contributed by atoms with Gasteiger partial charge in [0.25, 0.3) is 0 Å². The van der Waals surface area contributed by atoms with Gasteiger partial charge in [0.05, 0.1) is 17.6 Å². The molecule has 0 bridgehead atoms. The summed E-state index contributed by atoms with van der Waals surface area (Å²) in [6, 6.07) is 14.5. The number of piperidine rings is 1. The van der Waals surface area contributed by atoms with Gasteiger partial charge in [0.1, 0.15) is 18.2 Å². The van der Waals surface area contributed by atoms with Gasteiger partial charge >= 0.3 is 0 Å². The summed E-state index contributed by atoms with van der Waals surface area (Å²) in [5, 5.41) is 8.90. The number of nitrogens with one attached hydrogen (secondary N) is 1. The van der Waals surface area contributed by atoms with Crippen molar-refractivity contribution in [2.75, 3.05) is 26.3 Å². The van der Waals surface area contributed by atoms with Gasteiger partial charge in [-0.25, -0.2) is 4.98 Å². The molecule has 1 saturated heterocycles. The van der Waals surface area contributed by atoms with Crippen molar-refractivity contribution in [3.8, 4) is 5.75 Å². The maximum atomic E-state index is 8.90. The van der Waals surface area contributed by atoms with Crippen molar-refractivity contribution in [2.24, 2.45) is 0 Å². The van der Waals surface area contributed by atoms with E-state index in [4.69, 9.17) is 14.8 Å². The number of fused-ring (bicyclic) bond motifs is 1. The van der Waals surface area contributed by atoms with Crippen LogP contribution in [0.15, 0.2) is 42.5 Å². The Kier molecular flexibility index (Phi) is 5.41. The molecule has 0 unspecified atom stereocenters. The highest BCUT2D eigenvalue weighted by molar-refractivity contribution is 5.78. The van der Waals surface area contributed by atoms with Crippen LogP contribution in [0, 0.1) is 6.92 Å². The molecule has 5 heteroatoms. The summed E-state index contributed by atoms with van der Waals surface area (Å²) in [4.78, 5) is 10.9. The molecule has 2 aromatic carbocycles. The zero-order valence-electron chi connectivity index (χ0n) is 15.8. The number of para-hydroxylation sites is 1. The van der Waals surface area contributed by atoms with Crippen LogP contribution < -0.4 is 4.74 Å². The van der Waals surface area contributed by atoms with Crippen LogP contribution in [0.1, 0.15) is 35.7 Å². The van der Waals surface area contributed by atoms with E-state index >= 15 is 0 Å². The summed E-state index contributed by atoms with van der Waals surface area (Å²) in [6.07, 6.45) is 2.25. The Labute approximate surface area is 160 Å². The molecule has 1 aromatic heterocycles. The highest BCUT2D eigenvalue weighted by Gasteiger charge is 2.23. The average Bonchev–Trinajstić information content (AvgIpc) is 3.13. The summed E-state index contributed by atoms with van der Waals surface area (Å²) in [5.74, 6) is 2.47. The Morgan fingerprint density at radius 3 is 2.78 bits per heavy atom. The standard InChI is InChI=1S/C22H27N3O2/c1-16-4-2-7-20-21(16)24-22(23-20)18-8-10-25(11-9-18)15-17-5-3-6-19(14-17)27-13-12-26/h2-7,14,18,26H,8-13,15H2,1H3,(H,23,24). The Morgan fingerprint density at radius 1 is 1.19 bits per heavy atom. The number of imidazole rings is 1. The Bertz CT molecular complexity index is 897. The monoisotopic (exact) mass is 365 g/mol. The van der Waals surface area contributed by atoms with E-state index in [1.165, 1.54) is 11.1 Å². The molecule has 142 valence electrons. The molecule has 2 N–H and O–H groups in total. The molecule has 2 heterocycles. The SMILES string of the molecule is Cc1cccc2[nH]c(C3CCN(Cc4cccc(OCCO)c4)CC3)nc12. The van der Waals surface area contributed by atoms with Gasteiger partial charge < -0.3 is 14.8 Å². The quantitative estimate of drug-likeness (QED) is 0.700. The number of hydrogen-bond donors (Lipinski definition) is 2. The lowest BCUT2D eigenvalue weighted by Crippen LogP contribution is -2.32. The summed E-state index contributed by atoms with van der Waals surface area (Å²) in [7, 11) is 0. The average molecular weight is 365 g/mol. The normalized spacial score (nSPS) is 16.1. The van der Waals surface area contributed by atoms with Gasteiger partial charge in [-0.3, -0.25) is 4.90 Å². The number of aromatic amines is 1. The number of H-pyrrole nitrogens is 1. The number of ether oxygens (including phenoxy) is 1. The molecule has 0 spiro atoms. The fraction of sp³-hybridized carbons (Fsp3) is 0.409. The maximum absolute atomic E-state index is 8.90. The minimum atomic E-state index is 0.0407. The first-order chi connectivity index (χ1) is 13.2. The van der Waals surface area contributed by atoms with E-state index < -0.39 is 0 Å². The molecule has 0 radical (unpaired) electrons. The molecule has 27 heavy (non-hydrogen) atoms. The van der Waals surface area contributed by atoms with Gasteiger partial charge in [-0.15, -0.1) is 0 Å². The van der Waals surface area contributed by atoms with Crippen LogP contribution in [-0.2, 0) is 6.54 Å². The number of rotatable bonds is 6. The second-order valence-corrected chi connectivity index (χ2v) is 7.36. The first-order valence-electron chi connectivity index (χ1n) is 9.73. The van der Waals surface area contributed by atoms with Crippen LogP contribution in [-0.4, -0.2) is 46.3 Å². The van der Waals surface area contributed by atoms with Crippen molar-refractivity contribution in [1.82, 2.24) is 14.9 Å². The lowest BCUT2D eigenvalue weighted by atomic mass is 9.96. The first kappa shape index (κ1) is 18.0. The number of hydrogen-bond acceptors (Lipinski definition) is 4. The zero-order valence-corrected chi connectivity index (χ0v) is 15.8. The van der Waals surface area contributed by atoms with Crippen molar-refractivity contribution >= 4 is 11.0 Å². The van der Waals surface area contributed by atoms with Crippen LogP contribution in [0.25, 0.3) is 11.0 Å². The molecule has 4 rings (SSSR count). The van der Waals surface area contributed by atoms with Gasteiger partial charge in [0.2, 0.25) is 0 Å². The van der Waals surface area contributed by atoms with Crippen LogP contribution in [0.4, 0.5) is 0 Å². The molecule has 1 fully saturated rings. The van der Waals surface area contributed by atoms with Gasteiger partial charge in [0, 0.05) is 12.5 Å². The second-order valence-electron chi connectivity index (χ2n) is 7.36. The lowest BCUT2D eigenvalue weighted by molar-refractivity contribution is 0.197. The molecule has 0 amide bonds. The topological polar surface area (TPSA) is 61.4 Å². The van der Waals surface area contributed by atoms with Crippen molar-refractivity contribution in [2.45, 2.75) is 32.2 Å². The minimum absolute atomic E-state index is 0.0407. The highest BCUT2D eigenvalue weighted by atomic mass is 16.5. The molecule has 0 saturated carbocycles. The third kappa shape index (κ3) is 4.15.